The number of hydrogen-bond acceptors (Lipinski definition) is 5. The van der Waals surface area contributed by atoms with Crippen molar-refractivity contribution in [1.82, 2.24) is 15.0 Å². The van der Waals surface area contributed by atoms with Crippen LogP contribution in [-0.4, -0.2) is 21.5 Å². The Morgan fingerprint density at radius 1 is 1.15 bits per heavy atom. The predicted octanol–water partition coefficient (Wildman–Crippen LogP) is 3.50. The van der Waals surface area contributed by atoms with Gasteiger partial charge in [-0.25, -0.2) is 9.97 Å². The van der Waals surface area contributed by atoms with E-state index in [2.05, 4.69) is 33.3 Å². The molecule has 0 radical (unpaired) electrons. The average molecular weight is 284 g/mol. The van der Waals surface area contributed by atoms with E-state index in [0.717, 1.165) is 41.4 Å². The number of aromatic nitrogens is 3. The molecule has 2 heterocycles. The normalized spacial score (nSPS) is 10.8. The molecule has 0 unspecified atom stereocenters. The summed E-state index contributed by atoms with van der Waals surface area (Å²) in [4.78, 5) is 13.4. The van der Waals surface area contributed by atoms with Crippen LogP contribution in [0.4, 0.5) is 5.82 Å². The summed E-state index contributed by atoms with van der Waals surface area (Å²) in [5.41, 5.74) is 2.01. The zero-order chi connectivity index (χ0) is 13.8. The van der Waals surface area contributed by atoms with Crippen molar-refractivity contribution in [3.8, 4) is 0 Å². The Kier molecular flexibility index (Phi) is 3.87. The third-order valence-electron chi connectivity index (χ3n) is 2.91. The van der Waals surface area contributed by atoms with Gasteiger partial charge in [-0.3, -0.25) is 4.98 Å². The summed E-state index contributed by atoms with van der Waals surface area (Å²) < 4.78 is 1.22. The molecule has 0 amide bonds. The highest BCUT2D eigenvalue weighted by atomic mass is 32.1. The van der Waals surface area contributed by atoms with Crippen molar-refractivity contribution >= 4 is 27.4 Å². The van der Waals surface area contributed by atoms with E-state index in [4.69, 9.17) is 0 Å². The van der Waals surface area contributed by atoms with E-state index in [1.165, 1.54) is 4.70 Å². The van der Waals surface area contributed by atoms with Gasteiger partial charge in [0.15, 0.2) is 0 Å². The zero-order valence-electron chi connectivity index (χ0n) is 11.3. The standard InChI is InChI=1S/C15H16N4S/c1-2-7-17-14-10-16-9-11(18-14)8-15-19-12-5-3-4-6-13(12)20-15/h3-6,9-10H,2,7-8H2,1H3,(H,17,18). The Morgan fingerprint density at radius 2 is 2.05 bits per heavy atom. The lowest BCUT2D eigenvalue weighted by Crippen LogP contribution is -2.04. The van der Waals surface area contributed by atoms with Gasteiger partial charge in [-0.2, -0.15) is 0 Å². The van der Waals surface area contributed by atoms with Crippen molar-refractivity contribution in [2.75, 3.05) is 11.9 Å². The Balaban J connectivity index is 1.79. The van der Waals surface area contributed by atoms with Crippen molar-refractivity contribution < 1.29 is 0 Å². The molecule has 0 aliphatic heterocycles. The van der Waals surface area contributed by atoms with Crippen LogP contribution in [0.2, 0.25) is 0 Å². The lowest BCUT2D eigenvalue weighted by Gasteiger charge is -2.04. The minimum absolute atomic E-state index is 0.730. The Morgan fingerprint density at radius 3 is 2.90 bits per heavy atom. The number of nitrogens with zero attached hydrogens (tertiary/aromatic N) is 3. The van der Waals surface area contributed by atoms with Gasteiger partial charge >= 0.3 is 0 Å². The van der Waals surface area contributed by atoms with Gasteiger partial charge in [-0.05, 0) is 18.6 Å². The number of hydrogen-bond donors (Lipinski definition) is 1. The maximum absolute atomic E-state index is 4.63. The molecule has 102 valence electrons. The molecule has 2 aromatic heterocycles. The van der Waals surface area contributed by atoms with Crippen LogP contribution in [-0.2, 0) is 6.42 Å². The monoisotopic (exact) mass is 284 g/mol. The predicted molar refractivity (Wildman–Crippen MR) is 83.2 cm³/mol. The van der Waals surface area contributed by atoms with E-state index in [-0.39, 0.29) is 0 Å². The molecule has 5 heteroatoms. The van der Waals surface area contributed by atoms with Crippen LogP contribution in [0, 0.1) is 0 Å². The molecule has 0 aliphatic rings. The van der Waals surface area contributed by atoms with Crippen molar-refractivity contribution in [2.24, 2.45) is 0 Å². The van der Waals surface area contributed by atoms with Crippen LogP contribution in [0.15, 0.2) is 36.7 Å². The Bertz CT molecular complexity index is 675. The number of fused-ring (bicyclic) bond motifs is 1. The van der Waals surface area contributed by atoms with E-state index in [9.17, 15) is 0 Å². The second-order valence-electron chi connectivity index (χ2n) is 4.57. The lowest BCUT2D eigenvalue weighted by molar-refractivity contribution is 0.948. The maximum Gasteiger partial charge on any atom is 0.144 e. The van der Waals surface area contributed by atoms with Gasteiger partial charge < -0.3 is 5.32 Å². The summed E-state index contributed by atoms with van der Waals surface area (Å²) in [6.45, 7) is 3.05. The van der Waals surface area contributed by atoms with Gasteiger partial charge in [0.25, 0.3) is 0 Å². The average Bonchev–Trinajstić information content (AvgIpc) is 2.87. The third kappa shape index (κ3) is 2.93. The topological polar surface area (TPSA) is 50.7 Å². The van der Waals surface area contributed by atoms with E-state index in [1.54, 1.807) is 17.5 Å². The summed E-state index contributed by atoms with van der Waals surface area (Å²) in [5, 5.41) is 4.33. The van der Waals surface area contributed by atoms with Gasteiger partial charge in [0.05, 0.1) is 27.1 Å². The molecule has 0 saturated heterocycles. The minimum Gasteiger partial charge on any atom is -0.369 e. The molecule has 4 nitrogen and oxygen atoms in total. The van der Waals surface area contributed by atoms with Crippen molar-refractivity contribution in [2.45, 2.75) is 19.8 Å². The highest BCUT2D eigenvalue weighted by Crippen LogP contribution is 2.23. The second kappa shape index (κ2) is 5.96. The molecule has 1 N–H and O–H groups in total. The summed E-state index contributed by atoms with van der Waals surface area (Å²) in [5.74, 6) is 0.838. The summed E-state index contributed by atoms with van der Waals surface area (Å²) in [6, 6.07) is 8.20. The van der Waals surface area contributed by atoms with Crippen LogP contribution >= 0.6 is 11.3 Å². The number of nitrogens with one attached hydrogen (secondary N) is 1. The van der Waals surface area contributed by atoms with Crippen molar-refractivity contribution in [3.05, 3.63) is 47.4 Å². The van der Waals surface area contributed by atoms with Crippen LogP contribution in [0.1, 0.15) is 24.0 Å². The number of benzene rings is 1. The molecule has 20 heavy (non-hydrogen) atoms. The molecule has 3 rings (SSSR count). The van der Waals surface area contributed by atoms with Gasteiger partial charge in [-0.1, -0.05) is 19.1 Å². The van der Waals surface area contributed by atoms with Crippen LogP contribution < -0.4 is 5.32 Å². The quantitative estimate of drug-likeness (QED) is 0.779. The molecule has 0 aliphatic carbocycles. The molecular formula is C15H16N4S. The highest BCUT2D eigenvalue weighted by molar-refractivity contribution is 7.18. The number of anilines is 1. The van der Waals surface area contributed by atoms with Gasteiger partial charge in [0, 0.05) is 19.2 Å². The van der Waals surface area contributed by atoms with E-state index in [1.807, 2.05) is 24.4 Å². The molecule has 0 bridgehead atoms. The molecule has 0 fully saturated rings. The first-order valence-corrected chi connectivity index (χ1v) is 7.56. The highest BCUT2D eigenvalue weighted by Gasteiger charge is 2.06. The summed E-state index contributed by atoms with van der Waals surface area (Å²) >= 11 is 1.72. The van der Waals surface area contributed by atoms with Gasteiger partial charge in [0.1, 0.15) is 5.82 Å². The third-order valence-corrected chi connectivity index (χ3v) is 3.95. The fraction of sp³-hybridized carbons (Fsp3) is 0.267. The van der Waals surface area contributed by atoms with Crippen molar-refractivity contribution in [1.29, 1.82) is 0 Å². The van der Waals surface area contributed by atoms with Crippen LogP contribution in [0.5, 0.6) is 0 Å². The number of thiazole rings is 1. The first kappa shape index (κ1) is 13.0. The fourth-order valence-corrected chi connectivity index (χ4v) is 2.96. The summed E-state index contributed by atoms with van der Waals surface area (Å²) in [6.07, 6.45) is 5.37. The molecule has 0 atom stereocenters. The SMILES string of the molecule is CCCNc1cncc(Cc2nc3ccccc3s2)n1. The fourth-order valence-electron chi connectivity index (χ4n) is 1.98. The molecular weight excluding hydrogens is 268 g/mol. The first-order valence-electron chi connectivity index (χ1n) is 6.74. The minimum atomic E-state index is 0.730. The number of rotatable bonds is 5. The summed E-state index contributed by atoms with van der Waals surface area (Å²) in [7, 11) is 0. The molecule has 0 spiro atoms. The number of para-hydroxylation sites is 1. The zero-order valence-corrected chi connectivity index (χ0v) is 12.2. The first-order chi connectivity index (χ1) is 9.85. The Hall–Kier alpha value is -2.01. The van der Waals surface area contributed by atoms with E-state index < -0.39 is 0 Å². The smallest absolute Gasteiger partial charge is 0.144 e. The van der Waals surface area contributed by atoms with Gasteiger partial charge in [0.2, 0.25) is 0 Å². The molecule has 3 aromatic rings. The lowest BCUT2D eigenvalue weighted by atomic mass is 10.3. The largest absolute Gasteiger partial charge is 0.369 e. The van der Waals surface area contributed by atoms with E-state index in [0.29, 0.717) is 0 Å². The van der Waals surface area contributed by atoms with E-state index >= 15 is 0 Å². The molecule has 0 saturated carbocycles. The van der Waals surface area contributed by atoms with Crippen LogP contribution in [0.25, 0.3) is 10.2 Å². The van der Waals surface area contributed by atoms with Crippen LogP contribution in [0.3, 0.4) is 0 Å². The van der Waals surface area contributed by atoms with Crippen molar-refractivity contribution in [3.63, 3.8) is 0 Å². The van der Waals surface area contributed by atoms with Gasteiger partial charge in [-0.15, -0.1) is 11.3 Å². The Labute approximate surface area is 121 Å². The second-order valence-corrected chi connectivity index (χ2v) is 5.69. The molecule has 1 aromatic carbocycles. The maximum atomic E-state index is 4.63.